The molecular weight excluding hydrogens is 303 g/mol. The second-order valence-electron chi connectivity index (χ2n) is 4.88. The molecule has 0 amide bonds. The normalized spacial score (nSPS) is 10.8. The number of hydrogen-bond donors (Lipinski definition) is 0. The van der Waals surface area contributed by atoms with E-state index in [1.54, 1.807) is 12.1 Å². The zero-order chi connectivity index (χ0) is 14.8. The van der Waals surface area contributed by atoms with Crippen LogP contribution in [0.5, 0.6) is 0 Å². The standard InChI is InChI=1S/C18H12Cl2O/c19-16-9-8-12(10-17(16)20)11-18(21)15-7-3-5-13-4-1-2-6-14(13)15/h1-10H,11H2. The summed E-state index contributed by atoms with van der Waals surface area (Å²) < 4.78 is 0. The van der Waals surface area contributed by atoms with Crippen LogP contribution >= 0.6 is 23.2 Å². The summed E-state index contributed by atoms with van der Waals surface area (Å²) in [5.41, 5.74) is 1.60. The molecule has 0 saturated heterocycles. The SMILES string of the molecule is O=C(Cc1ccc(Cl)c(Cl)c1)c1cccc2ccccc12. The Hall–Kier alpha value is -1.83. The van der Waals surface area contributed by atoms with E-state index in [1.165, 1.54) is 0 Å². The first-order valence-electron chi connectivity index (χ1n) is 6.60. The van der Waals surface area contributed by atoms with E-state index < -0.39 is 0 Å². The predicted octanol–water partition coefficient (Wildman–Crippen LogP) is 5.57. The van der Waals surface area contributed by atoms with Gasteiger partial charge in [0.15, 0.2) is 5.78 Å². The van der Waals surface area contributed by atoms with Crippen LogP contribution in [0.1, 0.15) is 15.9 Å². The van der Waals surface area contributed by atoms with Gasteiger partial charge in [-0.15, -0.1) is 0 Å². The van der Waals surface area contributed by atoms with Crippen LogP contribution in [0.25, 0.3) is 10.8 Å². The number of hydrogen-bond acceptors (Lipinski definition) is 1. The average molecular weight is 315 g/mol. The van der Waals surface area contributed by atoms with E-state index in [9.17, 15) is 4.79 Å². The smallest absolute Gasteiger partial charge is 0.167 e. The molecule has 3 heteroatoms. The monoisotopic (exact) mass is 314 g/mol. The van der Waals surface area contributed by atoms with E-state index in [0.29, 0.717) is 16.5 Å². The molecular formula is C18H12Cl2O. The minimum Gasteiger partial charge on any atom is -0.294 e. The van der Waals surface area contributed by atoms with Crippen molar-refractivity contribution in [3.63, 3.8) is 0 Å². The topological polar surface area (TPSA) is 17.1 Å². The zero-order valence-corrected chi connectivity index (χ0v) is 12.7. The summed E-state index contributed by atoms with van der Waals surface area (Å²) in [4.78, 5) is 12.5. The van der Waals surface area contributed by atoms with Crippen molar-refractivity contribution in [2.45, 2.75) is 6.42 Å². The number of carbonyl (C=O) groups excluding carboxylic acids is 1. The number of carbonyl (C=O) groups is 1. The quantitative estimate of drug-likeness (QED) is 0.577. The first kappa shape index (κ1) is 14.1. The molecule has 21 heavy (non-hydrogen) atoms. The maximum atomic E-state index is 12.5. The van der Waals surface area contributed by atoms with Crippen molar-refractivity contribution in [1.82, 2.24) is 0 Å². The van der Waals surface area contributed by atoms with E-state index >= 15 is 0 Å². The molecule has 0 atom stereocenters. The van der Waals surface area contributed by atoms with Crippen LogP contribution in [0, 0.1) is 0 Å². The van der Waals surface area contributed by atoms with Crippen molar-refractivity contribution >= 4 is 39.8 Å². The Balaban J connectivity index is 1.95. The summed E-state index contributed by atoms with van der Waals surface area (Å²) >= 11 is 11.9. The van der Waals surface area contributed by atoms with Gasteiger partial charge in [-0.2, -0.15) is 0 Å². The van der Waals surface area contributed by atoms with Gasteiger partial charge in [0, 0.05) is 12.0 Å². The van der Waals surface area contributed by atoms with Gasteiger partial charge >= 0.3 is 0 Å². The van der Waals surface area contributed by atoms with Gasteiger partial charge in [0.1, 0.15) is 0 Å². The highest BCUT2D eigenvalue weighted by atomic mass is 35.5. The summed E-state index contributed by atoms with van der Waals surface area (Å²) in [7, 11) is 0. The summed E-state index contributed by atoms with van der Waals surface area (Å²) in [6, 6.07) is 19.0. The molecule has 0 radical (unpaired) electrons. The van der Waals surface area contributed by atoms with Crippen molar-refractivity contribution < 1.29 is 4.79 Å². The first-order chi connectivity index (χ1) is 10.1. The molecule has 0 spiro atoms. The fraction of sp³-hybridized carbons (Fsp3) is 0.0556. The minimum absolute atomic E-state index is 0.0742. The molecule has 0 unspecified atom stereocenters. The second kappa shape index (κ2) is 5.88. The molecule has 104 valence electrons. The van der Waals surface area contributed by atoms with Gasteiger partial charge < -0.3 is 0 Å². The molecule has 0 bridgehead atoms. The first-order valence-corrected chi connectivity index (χ1v) is 7.35. The van der Waals surface area contributed by atoms with Crippen LogP contribution in [-0.4, -0.2) is 5.78 Å². The highest BCUT2D eigenvalue weighted by Crippen LogP contribution is 2.24. The largest absolute Gasteiger partial charge is 0.294 e. The number of Topliss-reactive ketones (excluding diaryl/α,β-unsaturated/α-hetero) is 1. The molecule has 0 aliphatic rings. The maximum absolute atomic E-state index is 12.5. The molecule has 0 N–H and O–H groups in total. The average Bonchev–Trinajstić information content (AvgIpc) is 2.50. The number of ketones is 1. The lowest BCUT2D eigenvalue weighted by atomic mass is 9.97. The number of benzene rings is 3. The van der Waals surface area contributed by atoms with E-state index in [0.717, 1.165) is 21.9 Å². The van der Waals surface area contributed by atoms with Gasteiger partial charge in [-0.05, 0) is 28.5 Å². The van der Waals surface area contributed by atoms with Crippen molar-refractivity contribution in [2.24, 2.45) is 0 Å². The summed E-state index contributed by atoms with van der Waals surface area (Å²) in [5, 5.41) is 3.01. The van der Waals surface area contributed by atoms with Gasteiger partial charge in [0.2, 0.25) is 0 Å². The maximum Gasteiger partial charge on any atom is 0.167 e. The van der Waals surface area contributed by atoms with Crippen LogP contribution in [0.2, 0.25) is 10.0 Å². The summed E-state index contributed by atoms with van der Waals surface area (Å²) in [5.74, 6) is 0.0742. The Morgan fingerprint density at radius 1 is 0.857 bits per heavy atom. The fourth-order valence-electron chi connectivity index (χ4n) is 2.40. The summed E-state index contributed by atoms with van der Waals surface area (Å²) in [6.07, 6.45) is 0.310. The number of fused-ring (bicyclic) bond motifs is 1. The summed E-state index contributed by atoms with van der Waals surface area (Å²) in [6.45, 7) is 0. The molecule has 0 aliphatic heterocycles. The van der Waals surface area contributed by atoms with Crippen LogP contribution in [0.4, 0.5) is 0 Å². The highest BCUT2D eigenvalue weighted by molar-refractivity contribution is 6.42. The van der Waals surface area contributed by atoms with Gasteiger partial charge in [-0.25, -0.2) is 0 Å². The third-order valence-electron chi connectivity index (χ3n) is 3.44. The van der Waals surface area contributed by atoms with Gasteiger partial charge in [-0.3, -0.25) is 4.79 Å². The third kappa shape index (κ3) is 2.94. The van der Waals surface area contributed by atoms with E-state index in [2.05, 4.69) is 0 Å². The highest BCUT2D eigenvalue weighted by Gasteiger charge is 2.11. The Bertz CT molecular complexity index is 819. The molecule has 0 saturated carbocycles. The van der Waals surface area contributed by atoms with E-state index in [1.807, 2.05) is 48.5 Å². The zero-order valence-electron chi connectivity index (χ0n) is 11.1. The molecule has 0 aromatic heterocycles. The van der Waals surface area contributed by atoms with E-state index in [4.69, 9.17) is 23.2 Å². The Labute approximate surface area is 133 Å². The fourth-order valence-corrected chi connectivity index (χ4v) is 2.72. The van der Waals surface area contributed by atoms with Crippen molar-refractivity contribution in [3.8, 4) is 0 Å². The second-order valence-corrected chi connectivity index (χ2v) is 5.69. The van der Waals surface area contributed by atoms with Gasteiger partial charge in [0.05, 0.1) is 10.0 Å². The lowest BCUT2D eigenvalue weighted by Gasteiger charge is -2.06. The Morgan fingerprint density at radius 3 is 2.43 bits per heavy atom. The van der Waals surface area contributed by atoms with Crippen molar-refractivity contribution in [1.29, 1.82) is 0 Å². The molecule has 3 rings (SSSR count). The van der Waals surface area contributed by atoms with Crippen LogP contribution in [0.15, 0.2) is 60.7 Å². The lowest BCUT2D eigenvalue weighted by molar-refractivity contribution is 0.0994. The van der Waals surface area contributed by atoms with Gasteiger partial charge in [0.25, 0.3) is 0 Å². The molecule has 3 aromatic rings. The molecule has 0 heterocycles. The lowest BCUT2D eigenvalue weighted by Crippen LogP contribution is -2.04. The van der Waals surface area contributed by atoms with Gasteiger partial charge in [-0.1, -0.05) is 71.7 Å². The molecule has 0 fully saturated rings. The third-order valence-corrected chi connectivity index (χ3v) is 4.18. The molecule has 0 aliphatic carbocycles. The van der Waals surface area contributed by atoms with Crippen molar-refractivity contribution in [3.05, 3.63) is 81.8 Å². The number of rotatable bonds is 3. The van der Waals surface area contributed by atoms with Crippen LogP contribution < -0.4 is 0 Å². The van der Waals surface area contributed by atoms with Crippen LogP contribution in [0.3, 0.4) is 0 Å². The Morgan fingerprint density at radius 2 is 1.62 bits per heavy atom. The molecule has 1 nitrogen and oxygen atoms in total. The van der Waals surface area contributed by atoms with Crippen molar-refractivity contribution in [2.75, 3.05) is 0 Å². The van der Waals surface area contributed by atoms with E-state index in [-0.39, 0.29) is 5.78 Å². The molecule has 3 aromatic carbocycles. The Kier molecular flexibility index (Phi) is 3.96. The predicted molar refractivity (Wildman–Crippen MR) is 88.4 cm³/mol. The minimum atomic E-state index is 0.0742. The van der Waals surface area contributed by atoms with Crippen LogP contribution in [-0.2, 0) is 6.42 Å². The number of halogens is 2.